The number of halogens is 2. The molecule has 0 aliphatic rings. The van der Waals surface area contributed by atoms with Crippen LogP contribution in [0.3, 0.4) is 0 Å². The van der Waals surface area contributed by atoms with E-state index in [0.29, 0.717) is 0 Å². The Bertz CT molecular complexity index is 867. The van der Waals surface area contributed by atoms with E-state index in [9.17, 15) is 18.3 Å². The van der Waals surface area contributed by atoms with E-state index in [1.54, 1.807) is 0 Å². The summed E-state index contributed by atoms with van der Waals surface area (Å²) in [6.07, 6.45) is 1.29. The number of phenolic OH excluding ortho intramolecular Hbond substituents is 1. The third-order valence-corrected chi connectivity index (χ3v) is 5.07. The summed E-state index contributed by atoms with van der Waals surface area (Å²) >= 11 is 11.5. The summed E-state index contributed by atoms with van der Waals surface area (Å²) < 4.78 is 29.5. The van der Waals surface area contributed by atoms with Crippen LogP contribution in [0.2, 0.25) is 10.0 Å². The van der Waals surface area contributed by atoms with E-state index >= 15 is 0 Å². The minimum absolute atomic E-state index is 0.0719. The fraction of sp³-hybridized carbons (Fsp3) is 0.143. The van der Waals surface area contributed by atoms with Crippen molar-refractivity contribution in [3.8, 4) is 5.75 Å². The molecule has 2 rings (SSSR count). The second kappa shape index (κ2) is 6.74. The summed E-state index contributed by atoms with van der Waals surface area (Å²) in [5.41, 5.74) is 0.282. The number of sulfone groups is 1. The first-order valence-electron chi connectivity index (χ1n) is 6.18. The van der Waals surface area contributed by atoms with Crippen LogP contribution in [0.1, 0.15) is 16.1 Å². The fourth-order valence-electron chi connectivity index (χ4n) is 1.85. The van der Waals surface area contributed by atoms with Crippen molar-refractivity contribution < 1.29 is 23.1 Å². The van der Waals surface area contributed by atoms with Gasteiger partial charge in [-0.1, -0.05) is 23.2 Å². The van der Waals surface area contributed by atoms with Crippen LogP contribution in [0, 0.1) is 0 Å². The van der Waals surface area contributed by atoms with Crippen LogP contribution in [-0.2, 0) is 20.3 Å². The first-order chi connectivity index (χ1) is 10.7. The van der Waals surface area contributed by atoms with Gasteiger partial charge in [-0.25, -0.2) is 13.2 Å². The Kier molecular flexibility index (Phi) is 5.13. The number of ether oxygens (including phenoxy) is 1. The van der Waals surface area contributed by atoms with E-state index in [4.69, 9.17) is 23.2 Å². The van der Waals surface area contributed by atoms with Gasteiger partial charge in [0.25, 0.3) is 0 Å². The van der Waals surface area contributed by atoms with Gasteiger partial charge in [0.15, 0.2) is 15.6 Å². The van der Waals surface area contributed by atoms with Gasteiger partial charge < -0.3 is 9.84 Å². The molecule has 0 bridgehead atoms. The predicted molar refractivity (Wildman–Crippen MR) is 84.6 cm³/mol. The molecule has 0 unspecified atom stereocenters. The molecule has 9 heteroatoms. The zero-order valence-electron chi connectivity index (χ0n) is 11.8. The molecular formula is C14H11Cl2NO5S. The number of aromatic nitrogens is 1. The van der Waals surface area contributed by atoms with Crippen LogP contribution in [0.5, 0.6) is 5.75 Å². The van der Waals surface area contributed by atoms with Crippen LogP contribution >= 0.6 is 23.2 Å². The van der Waals surface area contributed by atoms with Crippen molar-refractivity contribution in [2.45, 2.75) is 10.6 Å². The van der Waals surface area contributed by atoms with E-state index in [2.05, 4.69) is 9.72 Å². The quantitative estimate of drug-likeness (QED) is 0.825. The topological polar surface area (TPSA) is 93.6 Å². The van der Waals surface area contributed by atoms with Crippen molar-refractivity contribution in [1.29, 1.82) is 0 Å². The number of hydrogen-bond donors (Lipinski definition) is 1. The Morgan fingerprint density at radius 3 is 2.65 bits per heavy atom. The first kappa shape index (κ1) is 17.5. The van der Waals surface area contributed by atoms with Gasteiger partial charge in [0, 0.05) is 11.2 Å². The van der Waals surface area contributed by atoms with Crippen molar-refractivity contribution in [1.82, 2.24) is 4.98 Å². The number of aromatic hydroxyl groups is 1. The molecule has 0 aliphatic heterocycles. The monoisotopic (exact) mass is 375 g/mol. The Morgan fingerprint density at radius 2 is 2.00 bits per heavy atom. The second-order valence-corrected chi connectivity index (χ2v) is 7.32. The average Bonchev–Trinajstić information content (AvgIpc) is 2.49. The number of rotatable bonds is 4. The number of carbonyl (C=O) groups excluding carboxylic acids is 1. The molecule has 6 nitrogen and oxygen atoms in total. The maximum Gasteiger partial charge on any atom is 0.337 e. The van der Waals surface area contributed by atoms with Gasteiger partial charge >= 0.3 is 5.97 Å². The summed E-state index contributed by atoms with van der Waals surface area (Å²) in [5, 5.41) is 9.75. The maximum atomic E-state index is 12.4. The number of nitrogens with zero attached hydrogens (tertiary/aromatic N) is 1. The number of esters is 1. The van der Waals surface area contributed by atoms with Gasteiger partial charge in [0.1, 0.15) is 4.90 Å². The van der Waals surface area contributed by atoms with Gasteiger partial charge in [-0.2, -0.15) is 0 Å². The number of benzene rings is 1. The van der Waals surface area contributed by atoms with Crippen LogP contribution < -0.4 is 0 Å². The summed E-state index contributed by atoms with van der Waals surface area (Å²) in [6.45, 7) is 0. The molecule has 2 aromatic rings. The predicted octanol–water partition coefficient (Wildman–Crippen LogP) is 2.85. The number of carbonyl (C=O) groups is 1. The number of phenols is 1. The molecule has 1 heterocycles. The highest BCUT2D eigenvalue weighted by atomic mass is 35.5. The van der Waals surface area contributed by atoms with E-state index in [1.165, 1.54) is 31.5 Å². The summed E-state index contributed by atoms with van der Waals surface area (Å²) in [4.78, 5) is 15.0. The molecule has 0 saturated heterocycles. The third kappa shape index (κ3) is 3.93. The number of hydrogen-bond acceptors (Lipinski definition) is 6. The zero-order valence-corrected chi connectivity index (χ0v) is 14.1. The molecule has 0 aliphatic carbocycles. The molecular weight excluding hydrogens is 365 g/mol. The smallest absolute Gasteiger partial charge is 0.337 e. The molecule has 1 aromatic carbocycles. The third-order valence-electron chi connectivity index (χ3n) is 2.90. The largest absolute Gasteiger partial charge is 0.505 e. The van der Waals surface area contributed by atoms with Gasteiger partial charge in [-0.15, -0.1) is 0 Å². The number of methoxy groups -OCH3 is 1. The zero-order chi connectivity index (χ0) is 17.2. The summed E-state index contributed by atoms with van der Waals surface area (Å²) in [6, 6.07) is 5.03. The Hall–Kier alpha value is -1.83. The van der Waals surface area contributed by atoms with Crippen LogP contribution in [0.25, 0.3) is 0 Å². The van der Waals surface area contributed by atoms with Crippen molar-refractivity contribution in [3.63, 3.8) is 0 Å². The fourth-order valence-corrected chi connectivity index (χ4v) is 3.88. The lowest BCUT2D eigenvalue weighted by atomic mass is 10.2. The molecule has 0 fully saturated rings. The molecule has 0 saturated carbocycles. The van der Waals surface area contributed by atoms with E-state index < -0.39 is 32.2 Å². The Morgan fingerprint density at radius 1 is 1.30 bits per heavy atom. The highest BCUT2D eigenvalue weighted by Crippen LogP contribution is 2.35. The van der Waals surface area contributed by atoms with Crippen LogP contribution in [0.15, 0.2) is 35.4 Å². The first-order valence-corrected chi connectivity index (χ1v) is 8.59. The molecule has 1 aromatic heterocycles. The molecule has 0 radical (unpaired) electrons. The van der Waals surface area contributed by atoms with Gasteiger partial charge in [-0.05, 0) is 24.3 Å². The van der Waals surface area contributed by atoms with Crippen LogP contribution in [-0.4, -0.2) is 31.6 Å². The number of pyridine rings is 1. The minimum Gasteiger partial charge on any atom is -0.505 e. The molecule has 0 amide bonds. The normalized spacial score (nSPS) is 11.3. The summed E-state index contributed by atoms with van der Waals surface area (Å²) in [5.74, 6) is -1.73. The minimum atomic E-state index is -3.97. The molecule has 1 N–H and O–H groups in total. The second-order valence-electron chi connectivity index (χ2n) is 4.52. The molecule has 23 heavy (non-hydrogen) atoms. The summed E-state index contributed by atoms with van der Waals surface area (Å²) in [7, 11) is -2.76. The van der Waals surface area contributed by atoms with Crippen molar-refractivity contribution in [2.75, 3.05) is 7.11 Å². The van der Waals surface area contributed by atoms with Gasteiger partial charge in [0.05, 0.1) is 29.1 Å². The Balaban J connectivity index is 2.42. The lowest BCUT2D eigenvalue weighted by Crippen LogP contribution is -2.09. The lowest BCUT2D eigenvalue weighted by molar-refractivity contribution is 0.0600. The van der Waals surface area contributed by atoms with E-state index in [-0.39, 0.29) is 21.3 Å². The average molecular weight is 376 g/mol. The molecule has 0 spiro atoms. The SMILES string of the molecule is COC(=O)c1ccnc(CS(=O)(=O)c2cc(Cl)cc(Cl)c2O)c1. The van der Waals surface area contributed by atoms with Crippen molar-refractivity contribution in [2.24, 2.45) is 0 Å². The molecule has 122 valence electrons. The van der Waals surface area contributed by atoms with E-state index in [0.717, 1.165) is 6.07 Å². The maximum absolute atomic E-state index is 12.4. The highest BCUT2D eigenvalue weighted by Gasteiger charge is 2.23. The van der Waals surface area contributed by atoms with Gasteiger partial charge in [0.2, 0.25) is 0 Å². The lowest BCUT2D eigenvalue weighted by Gasteiger charge is -2.09. The van der Waals surface area contributed by atoms with E-state index in [1.807, 2.05) is 0 Å². The van der Waals surface area contributed by atoms with Crippen LogP contribution in [0.4, 0.5) is 0 Å². The standard InChI is InChI=1S/C14H11Cl2NO5S/c1-22-14(19)8-2-3-17-10(4-8)7-23(20,21)12-6-9(15)5-11(16)13(12)18/h2-6,18H,7H2,1H3. The van der Waals surface area contributed by atoms with Gasteiger partial charge in [-0.3, -0.25) is 4.98 Å². The Labute approximate surface area is 142 Å². The van der Waals surface area contributed by atoms with Crippen molar-refractivity contribution >= 4 is 39.0 Å². The highest BCUT2D eigenvalue weighted by molar-refractivity contribution is 7.90. The molecule has 0 atom stereocenters. The van der Waals surface area contributed by atoms with Crippen molar-refractivity contribution in [3.05, 3.63) is 51.8 Å².